The molecule has 0 spiro atoms. The normalized spacial score (nSPS) is 9.87. The van der Waals surface area contributed by atoms with Crippen molar-refractivity contribution in [3.8, 4) is 11.5 Å². The standard InChI is InChI=1S/C11H13BrO3/c1-4-15-11-9(14-3)6-5-8(12)10(11)7(2)13/h5-6H,4H2,1-3H3. The third-order valence-electron chi connectivity index (χ3n) is 1.93. The summed E-state index contributed by atoms with van der Waals surface area (Å²) in [5, 5.41) is 0. The predicted octanol–water partition coefficient (Wildman–Crippen LogP) is 3.06. The predicted molar refractivity (Wildman–Crippen MR) is 61.9 cm³/mol. The molecule has 3 nitrogen and oxygen atoms in total. The van der Waals surface area contributed by atoms with E-state index in [2.05, 4.69) is 15.9 Å². The molecule has 0 bridgehead atoms. The molecule has 0 heterocycles. The fraction of sp³-hybridized carbons (Fsp3) is 0.364. The number of methoxy groups -OCH3 is 1. The highest BCUT2D eigenvalue weighted by Gasteiger charge is 2.17. The topological polar surface area (TPSA) is 35.5 Å². The quantitative estimate of drug-likeness (QED) is 0.791. The largest absolute Gasteiger partial charge is 0.493 e. The Bertz CT molecular complexity index is 374. The Kier molecular flexibility index (Phi) is 4.15. The number of benzene rings is 1. The minimum Gasteiger partial charge on any atom is -0.493 e. The molecule has 0 saturated carbocycles. The molecule has 4 heteroatoms. The lowest BCUT2D eigenvalue weighted by atomic mass is 10.1. The molecule has 82 valence electrons. The van der Waals surface area contributed by atoms with Gasteiger partial charge >= 0.3 is 0 Å². The highest BCUT2D eigenvalue weighted by atomic mass is 79.9. The average molecular weight is 273 g/mol. The summed E-state index contributed by atoms with van der Waals surface area (Å²) in [6.45, 7) is 3.86. The molecule has 0 unspecified atom stereocenters. The summed E-state index contributed by atoms with van der Waals surface area (Å²) in [5.41, 5.74) is 0.524. The maximum absolute atomic E-state index is 11.5. The number of ether oxygens (including phenoxy) is 2. The Morgan fingerprint density at radius 2 is 2.13 bits per heavy atom. The van der Waals surface area contributed by atoms with Crippen molar-refractivity contribution in [2.45, 2.75) is 13.8 Å². The van der Waals surface area contributed by atoms with Crippen molar-refractivity contribution in [1.29, 1.82) is 0 Å². The van der Waals surface area contributed by atoms with Crippen molar-refractivity contribution in [3.63, 3.8) is 0 Å². The van der Waals surface area contributed by atoms with Gasteiger partial charge in [-0.3, -0.25) is 4.79 Å². The van der Waals surface area contributed by atoms with Gasteiger partial charge in [0.1, 0.15) is 0 Å². The van der Waals surface area contributed by atoms with E-state index >= 15 is 0 Å². The molecule has 0 radical (unpaired) electrons. The summed E-state index contributed by atoms with van der Waals surface area (Å²) in [7, 11) is 1.55. The number of carbonyl (C=O) groups excluding carboxylic acids is 1. The van der Waals surface area contributed by atoms with Crippen LogP contribution in [-0.4, -0.2) is 19.5 Å². The van der Waals surface area contributed by atoms with Crippen molar-refractivity contribution >= 4 is 21.7 Å². The van der Waals surface area contributed by atoms with E-state index in [1.165, 1.54) is 6.92 Å². The number of ketones is 1. The SMILES string of the molecule is CCOc1c(OC)ccc(Br)c1C(C)=O. The Labute approximate surface area is 97.5 Å². The second-order valence-corrected chi connectivity index (χ2v) is 3.80. The first-order chi connectivity index (χ1) is 7.11. The van der Waals surface area contributed by atoms with Crippen LogP contribution < -0.4 is 9.47 Å². The van der Waals surface area contributed by atoms with E-state index < -0.39 is 0 Å². The minimum atomic E-state index is -0.0516. The summed E-state index contributed by atoms with van der Waals surface area (Å²) >= 11 is 3.32. The Balaban J connectivity index is 3.36. The fourth-order valence-corrected chi connectivity index (χ4v) is 1.91. The molecule has 0 N–H and O–H groups in total. The second-order valence-electron chi connectivity index (χ2n) is 2.94. The van der Waals surface area contributed by atoms with E-state index in [1.807, 2.05) is 6.92 Å². The lowest BCUT2D eigenvalue weighted by Crippen LogP contribution is -2.03. The zero-order valence-corrected chi connectivity index (χ0v) is 10.6. The molecule has 15 heavy (non-hydrogen) atoms. The van der Waals surface area contributed by atoms with Crippen LogP contribution in [0.2, 0.25) is 0 Å². The van der Waals surface area contributed by atoms with Gasteiger partial charge in [0.05, 0.1) is 19.3 Å². The van der Waals surface area contributed by atoms with Gasteiger partial charge < -0.3 is 9.47 Å². The van der Waals surface area contributed by atoms with Crippen LogP contribution in [-0.2, 0) is 0 Å². The number of hydrogen-bond acceptors (Lipinski definition) is 3. The number of rotatable bonds is 4. The van der Waals surface area contributed by atoms with Crippen LogP contribution in [0.25, 0.3) is 0 Å². The summed E-state index contributed by atoms with van der Waals surface area (Å²) in [5.74, 6) is 1.02. The molecule has 0 amide bonds. The van der Waals surface area contributed by atoms with Gasteiger partial charge in [0.2, 0.25) is 0 Å². The molecule has 0 aliphatic rings. The number of Topliss-reactive ketones (excluding diaryl/α,β-unsaturated/α-hetero) is 1. The van der Waals surface area contributed by atoms with Gasteiger partial charge in [-0.1, -0.05) is 0 Å². The van der Waals surface area contributed by atoms with Crippen molar-refractivity contribution < 1.29 is 14.3 Å². The van der Waals surface area contributed by atoms with E-state index in [1.54, 1.807) is 19.2 Å². The van der Waals surface area contributed by atoms with E-state index in [-0.39, 0.29) is 5.78 Å². The van der Waals surface area contributed by atoms with E-state index in [0.29, 0.717) is 23.7 Å². The Morgan fingerprint density at radius 1 is 1.47 bits per heavy atom. The second kappa shape index (κ2) is 5.16. The molecule has 1 rings (SSSR count). The van der Waals surface area contributed by atoms with Gasteiger partial charge in [0.15, 0.2) is 17.3 Å². The minimum absolute atomic E-state index is 0.0516. The summed E-state index contributed by atoms with van der Waals surface area (Å²) in [4.78, 5) is 11.5. The lowest BCUT2D eigenvalue weighted by molar-refractivity contribution is 0.101. The first kappa shape index (κ1) is 12.0. The Hall–Kier alpha value is -1.03. The first-order valence-electron chi connectivity index (χ1n) is 4.62. The van der Waals surface area contributed by atoms with Crippen LogP contribution in [0.15, 0.2) is 16.6 Å². The van der Waals surface area contributed by atoms with Crippen LogP contribution in [0, 0.1) is 0 Å². The molecular weight excluding hydrogens is 260 g/mol. The maximum Gasteiger partial charge on any atom is 0.173 e. The molecule has 0 aliphatic carbocycles. The van der Waals surface area contributed by atoms with Crippen molar-refractivity contribution in [2.75, 3.05) is 13.7 Å². The summed E-state index contributed by atoms with van der Waals surface area (Å²) in [6.07, 6.45) is 0. The van der Waals surface area contributed by atoms with Gasteiger partial charge in [-0.15, -0.1) is 0 Å². The molecule has 0 aliphatic heterocycles. The number of hydrogen-bond donors (Lipinski definition) is 0. The zero-order valence-electron chi connectivity index (χ0n) is 8.96. The van der Waals surface area contributed by atoms with Gasteiger partial charge in [-0.2, -0.15) is 0 Å². The van der Waals surface area contributed by atoms with Gasteiger partial charge in [-0.05, 0) is 41.9 Å². The Morgan fingerprint density at radius 3 is 2.60 bits per heavy atom. The smallest absolute Gasteiger partial charge is 0.173 e. The van der Waals surface area contributed by atoms with Crippen LogP contribution in [0.5, 0.6) is 11.5 Å². The van der Waals surface area contributed by atoms with E-state index in [4.69, 9.17) is 9.47 Å². The molecular formula is C11H13BrO3. The van der Waals surface area contributed by atoms with Crippen LogP contribution in [0.3, 0.4) is 0 Å². The van der Waals surface area contributed by atoms with Crippen molar-refractivity contribution in [1.82, 2.24) is 0 Å². The highest BCUT2D eigenvalue weighted by molar-refractivity contribution is 9.10. The zero-order chi connectivity index (χ0) is 11.4. The lowest BCUT2D eigenvalue weighted by Gasteiger charge is -2.13. The maximum atomic E-state index is 11.5. The fourth-order valence-electron chi connectivity index (χ4n) is 1.32. The molecule has 0 atom stereocenters. The van der Waals surface area contributed by atoms with Crippen LogP contribution >= 0.6 is 15.9 Å². The molecule has 1 aromatic carbocycles. The van der Waals surface area contributed by atoms with Gasteiger partial charge in [0, 0.05) is 4.47 Å². The van der Waals surface area contributed by atoms with Crippen LogP contribution in [0.1, 0.15) is 24.2 Å². The molecule has 0 fully saturated rings. The van der Waals surface area contributed by atoms with E-state index in [9.17, 15) is 4.79 Å². The van der Waals surface area contributed by atoms with Crippen molar-refractivity contribution in [2.24, 2.45) is 0 Å². The third-order valence-corrected chi connectivity index (χ3v) is 2.59. The molecule has 1 aromatic rings. The summed E-state index contributed by atoms with van der Waals surface area (Å²) < 4.78 is 11.3. The highest BCUT2D eigenvalue weighted by Crippen LogP contribution is 2.36. The van der Waals surface area contributed by atoms with Gasteiger partial charge in [-0.25, -0.2) is 0 Å². The monoisotopic (exact) mass is 272 g/mol. The third kappa shape index (κ3) is 2.50. The van der Waals surface area contributed by atoms with Crippen molar-refractivity contribution in [3.05, 3.63) is 22.2 Å². The summed E-state index contributed by atoms with van der Waals surface area (Å²) in [6, 6.07) is 3.54. The number of halogens is 1. The molecule has 0 aromatic heterocycles. The average Bonchev–Trinajstić information content (AvgIpc) is 2.18. The molecule has 0 saturated heterocycles. The van der Waals surface area contributed by atoms with E-state index in [0.717, 1.165) is 4.47 Å². The van der Waals surface area contributed by atoms with Gasteiger partial charge in [0.25, 0.3) is 0 Å². The number of carbonyl (C=O) groups is 1. The van der Waals surface area contributed by atoms with Crippen LogP contribution in [0.4, 0.5) is 0 Å². The first-order valence-corrected chi connectivity index (χ1v) is 5.41.